The van der Waals surface area contributed by atoms with Gasteiger partial charge in [0, 0.05) is 38.0 Å². The number of rotatable bonds is 5. The van der Waals surface area contributed by atoms with Gasteiger partial charge < -0.3 is 20.1 Å². The first-order chi connectivity index (χ1) is 16.3. The molecular weight excluding hydrogens is 463 g/mol. The maximum atomic E-state index is 14.8. The molecule has 0 radical (unpaired) electrons. The summed E-state index contributed by atoms with van der Waals surface area (Å²) in [6.45, 7) is 2.97. The van der Waals surface area contributed by atoms with Crippen molar-refractivity contribution in [2.45, 2.75) is 50.9 Å². The van der Waals surface area contributed by atoms with Crippen LogP contribution in [0.5, 0.6) is 0 Å². The van der Waals surface area contributed by atoms with Crippen LogP contribution in [0.3, 0.4) is 0 Å². The van der Waals surface area contributed by atoms with Crippen molar-refractivity contribution >= 4 is 28.6 Å². The zero-order valence-electron chi connectivity index (χ0n) is 19.6. The Morgan fingerprint density at radius 1 is 1.34 bits per heavy atom. The number of nitrogens with one attached hydrogen (secondary N) is 2. The van der Waals surface area contributed by atoms with Crippen LogP contribution < -0.4 is 5.32 Å². The molecule has 3 amide bonds. The Labute approximate surface area is 200 Å². The maximum absolute atomic E-state index is 14.8. The summed E-state index contributed by atoms with van der Waals surface area (Å²) in [5, 5.41) is 12.4. The van der Waals surface area contributed by atoms with Crippen LogP contribution in [0, 0.1) is 28.4 Å². The van der Waals surface area contributed by atoms with Crippen molar-refractivity contribution in [1.29, 1.82) is 5.26 Å². The molecule has 1 unspecified atom stereocenters. The van der Waals surface area contributed by atoms with Gasteiger partial charge in [0.15, 0.2) is 0 Å². The molecule has 2 fully saturated rings. The number of nitrogens with zero attached hydrogens (tertiary/aromatic N) is 3. The highest BCUT2D eigenvalue weighted by Gasteiger charge is 2.54. The molecule has 1 aromatic heterocycles. The third-order valence-electron chi connectivity index (χ3n) is 6.87. The molecule has 11 heteroatoms. The summed E-state index contributed by atoms with van der Waals surface area (Å²) in [5.41, 5.74) is -2.78. The molecule has 3 atom stereocenters. The van der Waals surface area contributed by atoms with Crippen LogP contribution in [-0.2, 0) is 9.59 Å². The topological polar surface area (TPSA) is 109 Å². The van der Waals surface area contributed by atoms with Gasteiger partial charge in [-0.3, -0.25) is 14.4 Å². The lowest BCUT2D eigenvalue weighted by atomic mass is 9.84. The molecule has 2 N–H and O–H groups in total. The van der Waals surface area contributed by atoms with Gasteiger partial charge in [-0.25, -0.2) is 13.2 Å². The Hall–Kier alpha value is -3.55. The molecular formula is C24H26F3N5O3. The Morgan fingerprint density at radius 2 is 2.06 bits per heavy atom. The number of carbonyl (C=O) groups excluding carboxylic acids is 3. The second kappa shape index (κ2) is 8.59. The van der Waals surface area contributed by atoms with Crippen LogP contribution in [0.4, 0.5) is 13.2 Å². The fourth-order valence-corrected chi connectivity index (χ4v) is 5.04. The number of hydrogen-bond donors (Lipinski definition) is 2. The quantitative estimate of drug-likeness (QED) is 0.673. The number of H-pyrrole nitrogens is 1. The fraction of sp³-hybridized carbons (Fsp3) is 0.500. The number of likely N-dealkylation sites (tertiary alicyclic amines) is 1. The molecule has 1 aromatic carbocycles. The maximum Gasteiger partial charge on any atom is 0.270 e. The van der Waals surface area contributed by atoms with Gasteiger partial charge in [0.1, 0.15) is 35.1 Å². The lowest BCUT2D eigenvalue weighted by Crippen LogP contribution is -2.53. The van der Waals surface area contributed by atoms with E-state index in [1.165, 1.54) is 31.9 Å². The normalized spacial score (nSPS) is 22.9. The predicted octanol–water partition coefficient (Wildman–Crippen LogP) is 2.66. The van der Waals surface area contributed by atoms with Crippen LogP contribution in [-0.4, -0.2) is 70.4 Å². The van der Waals surface area contributed by atoms with Gasteiger partial charge in [0.2, 0.25) is 11.8 Å². The summed E-state index contributed by atoms with van der Waals surface area (Å²) in [6.07, 6.45) is 0.265. The van der Waals surface area contributed by atoms with Crippen molar-refractivity contribution in [2.24, 2.45) is 5.41 Å². The number of benzene rings is 1. The third kappa shape index (κ3) is 4.45. The fourth-order valence-electron chi connectivity index (χ4n) is 5.04. The number of amides is 3. The second-order valence-corrected chi connectivity index (χ2v) is 9.99. The van der Waals surface area contributed by atoms with Gasteiger partial charge in [-0.05, 0) is 38.8 Å². The average Bonchev–Trinajstić information content (AvgIpc) is 3.47. The summed E-state index contributed by atoms with van der Waals surface area (Å²) >= 11 is 0. The smallest absolute Gasteiger partial charge is 0.270 e. The lowest BCUT2D eigenvalue weighted by Gasteiger charge is -2.34. The van der Waals surface area contributed by atoms with Crippen molar-refractivity contribution in [3.8, 4) is 6.07 Å². The highest BCUT2D eigenvalue weighted by atomic mass is 19.1. The number of hydrogen-bond acceptors (Lipinski definition) is 4. The molecule has 2 aliphatic rings. The summed E-state index contributed by atoms with van der Waals surface area (Å²) in [7, 11) is 1.31. The summed E-state index contributed by atoms with van der Waals surface area (Å²) in [5.74, 6) is -3.29. The number of carbonyl (C=O) groups is 3. The molecule has 1 spiro atoms. The molecule has 2 aliphatic heterocycles. The van der Waals surface area contributed by atoms with E-state index >= 15 is 0 Å². The SMILES string of the molecule is CN(C(=O)c1cc2c(F)cc(F)cc2[nH]1)[C@@H](CC(C)(C)F)C(=O)N1C[C@]2(CCNC2=O)CC1C#N. The van der Waals surface area contributed by atoms with E-state index in [4.69, 9.17) is 0 Å². The lowest BCUT2D eigenvalue weighted by molar-refractivity contribution is -0.138. The van der Waals surface area contributed by atoms with Gasteiger partial charge in [-0.2, -0.15) is 5.26 Å². The monoisotopic (exact) mass is 489 g/mol. The van der Waals surface area contributed by atoms with Crippen LogP contribution in [0.2, 0.25) is 0 Å². The Balaban J connectivity index is 1.65. The highest BCUT2D eigenvalue weighted by molar-refractivity contribution is 6.00. The summed E-state index contributed by atoms with van der Waals surface area (Å²) < 4.78 is 42.5. The van der Waals surface area contributed by atoms with E-state index in [1.54, 1.807) is 0 Å². The van der Waals surface area contributed by atoms with E-state index in [2.05, 4.69) is 16.4 Å². The van der Waals surface area contributed by atoms with Crippen LogP contribution in [0.1, 0.15) is 43.6 Å². The Morgan fingerprint density at radius 3 is 2.66 bits per heavy atom. The third-order valence-corrected chi connectivity index (χ3v) is 6.87. The molecule has 0 bridgehead atoms. The van der Waals surface area contributed by atoms with Crippen molar-refractivity contribution < 1.29 is 27.6 Å². The number of alkyl halides is 1. The minimum Gasteiger partial charge on any atom is -0.356 e. The summed E-state index contributed by atoms with van der Waals surface area (Å²) in [4.78, 5) is 44.3. The van der Waals surface area contributed by atoms with E-state index < -0.39 is 46.6 Å². The summed E-state index contributed by atoms with van der Waals surface area (Å²) in [6, 6.07) is 2.79. The molecule has 3 heterocycles. The predicted molar refractivity (Wildman–Crippen MR) is 120 cm³/mol. The van der Waals surface area contributed by atoms with Gasteiger partial charge >= 0.3 is 0 Å². The molecule has 2 saturated heterocycles. The molecule has 0 aliphatic carbocycles. The van der Waals surface area contributed by atoms with E-state index in [0.29, 0.717) is 19.0 Å². The van der Waals surface area contributed by atoms with Crippen molar-refractivity contribution in [2.75, 3.05) is 20.1 Å². The number of aromatic amines is 1. The molecule has 35 heavy (non-hydrogen) atoms. The number of fused-ring (bicyclic) bond motifs is 1. The zero-order chi connectivity index (χ0) is 25.7. The second-order valence-electron chi connectivity index (χ2n) is 9.99. The molecule has 8 nitrogen and oxygen atoms in total. The Kier molecular flexibility index (Phi) is 6.03. The first-order valence-electron chi connectivity index (χ1n) is 11.3. The van der Waals surface area contributed by atoms with Crippen LogP contribution in [0.25, 0.3) is 10.9 Å². The van der Waals surface area contributed by atoms with E-state index in [-0.39, 0.29) is 41.9 Å². The first-order valence-corrected chi connectivity index (χ1v) is 11.3. The number of nitriles is 1. The van der Waals surface area contributed by atoms with Crippen molar-refractivity contribution in [1.82, 2.24) is 20.1 Å². The van der Waals surface area contributed by atoms with Crippen molar-refractivity contribution in [3.63, 3.8) is 0 Å². The van der Waals surface area contributed by atoms with Gasteiger partial charge in [0.05, 0.1) is 17.0 Å². The number of halogens is 3. The Bertz CT molecular complexity index is 1250. The zero-order valence-corrected chi connectivity index (χ0v) is 19.6. The minimum absolute atomic E-state index is 0.00197. The van der Waals surface area contributed by atoms with Crippen LogP contribution in [0.15, 0.2) is 18.2 Å². The van der Waals surface area contributed by atoms with Crippen molar-refractivity contribution in [3.05, 3.63) is 35.5 Å². The van der Waals surface area contributed by atoms with E-state index in [0.717, 1.165) is 11.0 Å². The first kappa shape index (κ1) is 24.6. The number of likely N-dealkylation sites (N-methyl/N-ethyl adjacent to an activating group) is 1. The largest absolute Gasteiger partial charge is 0.356 e. The standard InChI is InChI=1S/C24H26F3N5O3/c1-23(2,27)10-19(21(34)32-12-24(9-14(32)11-28)4-5-29-22(24)35)31(3)20(33)18-8-15-16(26)6-13(25)7-17(15)30-18/h6-8,14,19,30H,4-5,9-10,12H2,1-3H3,(H,29,35)/t14?,19-,24-/m0/s1. The van der Waals surface area contributed by atoms with E-state index in [1.807, 2.05) is 0 Å². The molecule has 4 rings (SSSR count). The van der Waals surface area contributed by atoms with Gasteiger partial charge in [0.25, 0.3) is 5.91 Å². The van der Waals surface area contributed by atoms with E-state index in [9.17, 15) is 32.8 Å². The highest BCUT2D eigenvalue weighted by Crippen LogP contribution is 2.41. The average molecular weight is 489 g/mol. The van der Waals surface area contributed by atoms with Crippen LogP contribution >= 0.6 is 0 Å². The van der Waals surface area contributed by atoms with Gasteiger partial charge in [-0.15, -0.1) is 0 Å². The molecule has 186 valence electrons. The molecule has 0 saturated carbocycles. The molecule has 2 aromatic rings. The number of aromatic nitrogens is 1. The van der Waals surface area contributed by atoms with Gasteiger partial charge in [-0.1, -0.05) is 0 Å². The minimum atomic E-state index is -1.85.